The molecule has 2 amide bonds. The first-order valence-corrected chi connectivity index (χ1v) is 12.2. The van der Waals surface area contributed by atoms with Gasteiger partial charge in [0.1, 0.15) is 10.8 Å². The van der Waals surface area contributed by atoms with E-state index in [1.54, 1.807) is 17.0 Å². The lowest BCUT2D eigenvalue weighted by atomic mass is 10.1. The van der Waals surface area contributed by atoms with Crippen molar-refractivity contribution in [2.75, 3.05) is 31.5 Å². The lowest BCUT2D eigenvalue weighted by molar-refractivity contribution is 0.142. The Morgan fingerprint density at radius 1 is 1.03 bits per heavy atom. The number of aryl methyl sites for hydroxylation is 2. The number of carbonyl (C=O) groups is 1. The summed E-state index contributed by atoms with van der Waals surface area (Å²) in [5, 5.41) is 7.94. The van der Waals surface area contributed by atoms with Crippen molar-refractivity contribution in [1.82, 2.24) is 24.4 Å². The van der Waals surface area contributed by atoms with Crippen LogP contribution >= 0.6 is 11.3 Å². The number of rotatable bonds is 4. The summed E-state index contributed by atoms with van der Waals surface area (Å²) < 4.78 is 14.5. The molecule has 0 spiro atoms. The number of hydrogen-bond acceptors (Lipinski definition) is 6. The minimum atomic E-state index is -0.324. The molecule has 10 heteroatoms. The minimum Gasteiger partial charge on any atom is -0.322 e. The van der Waals surface area contributed by atoms with Gasteiger partial charge in [-0.05, 0) is 61.4 Å². The molecule has 1 fully saturated rings. The van der Waals surface area contributed by atoms with Gasteiger partial charge in [0, 0.05) is 50.0 Å². The molecule has 0 aliphatic carbocycles. The van der Waals surface area contributed by atoms with Crippen LogP contribution in [0.5, 0.6) is 0 Å². The monoisotopic (exact) mass is 492 g/mol. The molecule has 2 aromatic heterocycles. The van der Waals surface area contributed by atoms with Gasteiger partial charge in [0.2, 0.25) is 4.96 Å². The number of benzene rings is 2. The summed E-state index contributed by atoms with van der Waals surface area (Å²) in [4.78, 5) is 34.4. The van der Waals surface area contributed by atoms with Crippen LogP contribution in [-0.2, 0) is 6.54 Å². The predicted molar refractivity (Wildman–Crippen MR) is 134 cm³/mol. The Hall–Kier alpha value is -3.63. The third-order valence-corrected chi connectivity index (χ3v) is 6.86. The van der Waals surface area contributed by atoms with E-state index >= 15 is 0 Å². The first-order valence-electron chi connectivity index (χ1n) is 11.4. The van der Waals surface area contributed by atoms with Crippen molar-refractivity contribution < 1.29 is 9.18 Å². The van der Waals surface area contributed by atoms with Crippen LogP contribution < -0.4 is 10.9 Å². The van der Waals surface area contributed by atoms with E-state index in [0.29, 0.717) is 48.4 Å². The number of piperazine rings is 1. The fourth-order valence-electron chi connectivity index (χ4n) is 4.23. The first kappa shape index (κ1) is 23.1. The van der Waals surface area contributed by atoms with Crippen LogP contribution in [0.3, 0.4) is 0 Å². The van der Waals surface area contributed by atoms with Crippen molar-refractivity contribution in [3.63, 3.8) is 0 Å². The SMILES string of the molecule is Cc1cc(C)cc(NC(=O)N2CCN(Cc3cc(=O)n4nc(-c5ccc(F)cc5)sc4n3)CC2)c1. The number of nitrogens with one attached hydrogen (secondary N) is 1. The van der Waals surface area contributed by atoms with E-state index in [4.69, 9.17) is 0 Å². The summed E-state index contributed by atoms with van der Waals surface area (Å²) >= 11 is 1.29. The summed E-state index contributed by atoms with van der Waals surface area (Å²) in [6, 6.07) is 13.4. The molecular formula is C25H25FN6O2S. The molecule has 0 radical (unpaired) electrons. The molecule has 5 rings (SSSR count). The van der Waals surface area contributed by atoms with Gasteiger partial charge in [-0.2, -0.15) is 9.61 Å². The molecule has 0 saturated carbocycles. The van der Waals surface area contributed by atoms with E-state index in [-0.39, 0.29) is 17.4 Å². The molecule has 0 atom stereocenters. The van der Waals surface area contributed by atoms with Gasteiger partial charge >= 0.3 is 6.03 Å². The van der Waals surface area contributed by atoms with Crippen molar-refractivity contribution in [2.45, 2.75) is 20.4 Å². The Labute approximate surface area is 205 Å². The van der Waals surface area contributed by atoms with Gasteiger partial charge in [0.15, 0.2) is 0 Å². The molecule has 0 bridgehead atoms. The fraction of sp³-hybridized carbons (Fsp3) is 0.280. The Bertz CT molecular complexity index is 1420. The average Bonchev–Trinajstić information content (AvgIpc) is 3.24. The molecule has 35 heavy (non-hydrogen) atoms. The van der Waals surface area contributed by atoms with Gasteiger partial charge in [-0.3, -0.25) is 9.69 Å². The molecule has 8 nitrogen and oxygen atoms in total. The Morgan fingerprint density at radius 3 is 2.40 bits per heavy atom. The van der Waals surface area contributed by atoms with Gasteiger partial charge in [-0.1, -0.05) is 17.4 Å². The highest BCUT2D eigenvalue weighted by Crippen LogP contribution is 2.24. The second kappa shape index (κ2) is 9.55. The van der Waals surface area contributed by atoms with Gasteiger partial charge in [0.25, 0.3) is 5.56 Å². The lowest BCUT2D eigenvalue weighted by Gasteiger charge is -2.34. The summed E-state index contributed by atoms with van der Waals surface area (Å²) in [5.74, 6) is -0.324. The van der Waals surface area contributed by atoms with Crippen LogP contribution in [0.2, 0.25) is 0 Å². The maximum atomic E-state index is 13.2. The van der Waals surface area contributed by atoms with Gasteiger partial charge in [-0.15, -0.1) is 0 Å². The van der Waals surface area contributed by atoms with Crippen molar-refractivity contribution in [3.05, 3.63) is 81.5 Å². The van der Waals surface area contributed by atoms with Gasteiger partial charge < -0.3 is 10.2 Å². The number of hydrogen-bond donors (Lipinski definition) is 1. The summed E-state index contributed by atoms with van der Waals surface area (Å²) in [5.41, 5.74) is 4.17. The number of carbonyl (C=O) groups excluding carboxylic acids is 1. The van der Waals surface area contributed by atoms with Crippen molar-refractivity contribution >= 4 is 28.0 Å². The highest BCUT2D eigenvalue weighted by molar-refractivity contribution is 7.19. The van der Waals surface area contributed by atoms with E-state index in [9.17, 15) is 14.0 Å². The average molecular weight is 493 g/mol. The number of amides is 2. The molecule has 3 heterocycles. The second-order valence-corrected chi connectivity index (χ2v) is 9.72. The number of anilines is 1. The Kier molecular flexibility index (Phi) is 6.31. The van der Waals surface area contributed by atoms with E-state index in [2.05, 4.69) is 26.4 Å². The van der Waals surface area contributed by atoms with E-state index < -0.39 is 0 Å². The van der Waals surface area contributed by atoms with E-state index in [0.717, 1.165) is 22.4 Å². The van der Waals surface area contributed by atoms with Crippen LogP contribution in [0.25, 0.3) is 15.5 Å². The van der Waals surface area contributed by atoms with Crippen LogP contribution in [0.4, 0.5) is 14.9 Å². The minimum absolute atomic E-state index is 0.106. The number of aromatic nitrogens is 3. The Morgan fingerprint density at radius 2 is 1.71 bits per heavy atom. The third-order valence-electron chi connectivity index (χ3n) is 5.91. The quantitative estimate of drug-likeness (QED) is 0.467. The molecule has 2 aromatic carbocycles. The lowest BCUT2D eigenvalue weighted by Crippen LogP contribution is -2.49. The first-order chi connectivity index (χ1) is 16.8. The summed E-state index contributed by atoms with van der Waals surface area (Å²) in [6.45, 7) is 7.08. The molecule has 4 aromatic rings. The largest absolute Gasteiger partial charge is 0.322 e. The molecular weight excluding hydrogens is 467 g/mol. The Balaban J connectivity index is 1.22. The zero-order valence-corrected chi connectivity index (χ0v) is 20.3. The predicted octanol–water partition coefficient (Wildman–Crippen LogP) is 3.92. The number of halogens is 1. The zero-order valence-electron chi connectivity index (χ0n) is 19.5. The smallest absolute Gasteiger partial charge is 0.321 e. The number of nitrogens with zero attached hydrogens (tertiary/aromatic N) is 5. The maximum absolute atomic E-state index is 13.2. The normalized spacial score (nSPS) is 14.4. The number of fused-ring (bicyclic) bond motifs is 1. The van der Waals surface area contributed by atoms with E-state index in [1.807, 2.05) is 26.0 Å². The van der Waals surface area contributed by atoms with Crippen molar-refractivity contribution in [3.8, 4) is 10.6 Å². The summed E-state index contributed by atoms with van der Waals surface area (Å²) in [6.07, 6.45) is 0. The summed E-state index contributed by atoms with van der Waals surface area (Å²) in [7, 11) is 0. The second-order valence-electron chi connectivity index (χ2n) is 8.76. The molecule has 1 saturated heterocycles. The van der Waals surface area contributed by atoms with Gasteiger partial charge in [0.05, 0.1) is 5.69 Å². The van der Waals surface area contributed by atoms with Crippen molar-refractivity contribution in [2.24, 2.45) is 0 Å². The van der Waals surface area contributed by atoms with Crippen LogP contribution in [0.15, 0.2) is 53.3 Å². The molecule has 180 valence electrons. The maximum Gasteiger partial charge on any atom is 0.321 e. The highest BCUT2D eigenvalue weighted by Gasteiger charge is 2.22. The van der Waals surface area contributed by atoms with Crippen LogP contribution in [0, 0.1) is 19.7 Å². The molecule has 0 unspecified atom stereocenters. The third kappa shape index (κ3) is 5.23. The highest BCUT2D eigenvalue weighted by atomic mass is 32.1. The zero-order chi connectivity index (χ0) is 24.5. The number of urea groups is 1. The fourth-order valence-corrected chi connectivity index (χ4v) is 5.16. The van der Waals surface area contributed by atoms with Crippen LogP contribution in [-0.4, -0.2) is 56.6 Å². The van der Waals surface area contributed by atoms with Crippen molar-refractivity contribution in [1.29, 1.82) is 0 Å². The molecule has 1 aliphatic rings. The van der Waals surface area contributed by atoms with Crippen LogP contribution in [0.1, 0.15) is 16.8 Å². The molecule has 1 aliphatic heterocycles. The molecule has 1 N–H and O–H groups in total. The topological polar surface area (TPSA) is 82.8 Å². The van der Waals surface area contributed by atoms with E-state index in [1.165, 1.54) is 34.1 Å². The van der Waals surface area contributed by atoms with Gasteiger partial charge in [-0.25, -0.2) is 14.2 Å². The standard InChI is InChI=1S/C25H25FN6O2S/c1-16-11-17(2)13-20(12-16)27-24(34)31-9-7-30(8-10-31)15-21-14-22(33)32-25(28-21)35-23(29-32)18-3-5-19(26)6-4-18/h3-6,11-14H,7-10,15H2,1-2H3,(H,27,34).